The van der Waals surface area contributed by atoms with E-state index in [0.29, 0.717) is 29.0 Å². The van der Waals surface area contributed by atoms with Crippen molar-refractivity contribution in [2.24, 2.45) is 0 Å². The van der Waals surface area contributed by atoms with Crippen molar-refractivity contribution in [1.29, 1.82) is 5.26 Å². The molecule has 0 heterocycles. The van der Waals surface area contributed by atoms with E-state index in [-0.39, 0.29) is 11.4 Å². The molecule has 150 valence electrons. The normalized spacial score (nSPS) is 10.9. The van der Waals surface area contributed by atoms with Gasteiger partial charge < -0.3 is 10.1 Å². The molecule has 0 unspecified atom stereocenters. The molecule has 3 aromatic rings. The maximum absolute atomic E-state index is 14.2. The third-order valence-electron chi connectivity index (χ3n) is 4.63. The maximum Gasteiger partial charge on any atom is 0.266 e. The van der Waals surface area contributed by atoms with Crippen molar-refractivity contribution in [3.05, 3.63) is 100 Å². The SMILES string of the molecule is COc1ccc(/C=C(\C#N)C(=O)Nc2cccc(C)c2)c(Cc2ccccc2F)c1. The molecule has 0 radical (unpaired) electrons. The Hall–Kier alpha value is -3.91. The minimum Gasteiger partial charge on any atom is -0.497 e. The molecule has 0 aromatic heterocycles. The van der Waals surface area contributed by atoms with E-state index >= 15 is 0 Å². The predicted molar refractivity (Wildman–Crippen MR) is 116 cm³/mol. The van der Waals surface area contributed by atoms with Gasteiger partial charge in [-0.1, -0.05) is 36.4 Å². The number of benzene rings is 3. The summed E-state index contributed by atoms with van der Waals surface area (Å²) in [5.41, 5.74) is 3.48. The zero-order valence-electron chi connectivity index (χ0n) is 16.8. The predicted octanol–water partition coefficient (Wildman–Crippen LogP) is 5.28. The Bertz CT molecular complexity index is 1150. The van der Waals surface area contributed by atoms with Crippen molar-refractivity contribution in [2.75, 3.05) is 12.4 Å². The van der Waals surface area contributed by atoms with Crippen LogP contribution in [0.1, 0.15) is 22.3 Å². The number of rotatable bonds is 6. The Kier molecular flexibility index (Phi) is 6.61. The zero-order chi connectivity index (χ0) is 21.5. The second-order valence-electron chi connectivity index (χ2n) is 6.83. The van der Waals surface area contributed by atoms with Gasteiger partial charge in [-0.3, -0.25) is 4.79 Å². The molecule has 0 aliphatic rings. The molecule has 0 saturated heterocycles. The first kappa shape index (κ1) is 20.8. The van der Waals surface area contributed by atoms with Gasteiger partial charge in [-0.05, 0) is 65.6 Å². The number of amides is 1. The van der Waals surface area contributed by atoms with Gasteiger partial charge in [0.2, 0.25) is 0 Å². The lowest BCUT2D eigenvalue weighted by Gasteiger charge is -2.11. The molecule has 4 nitrogen and oxygen atoms in total. The molecule has 1 amide bonds. The third-order valence-corrected chi connectivity index (χ3v) is 4.63. The van der Waals surface area contributed by atoms with E-state index in [1.54, 1.807) is 49.6 Å². The molecule has 0 saturated carbocycles. The standard InChI is InChI=1S/C25H21FN2O2/c1-17-6-5-8-22(12-17)28-25(29)21(16-27)13-18-10-11-23(30-2)15-20(18)14-19-7-3-4-9-24(19)26/h3-13,15H,14H2,1-2H3,(H,28,29)/b21-13+. The number of carbonyl (C=O) groups excluding carboxylic acids is 1. The minimum atomic E-state index is -0.504. The van der Waals surface area contributed by atoms with Crippen LogP contribution in [0.2, 0.25) is 0 Å². The van der Waals surface area contributed by atoms with Crippen molar-refractivity contribution in [3.8, 4) is 11.8 Å². The number of nitrogens with zero attached hydrogens (tertiary/aromatic N) is 1. The van der Waals surface area contributed by atoms with Crippen molar-refractivity contribution >= 4 is 17.7 Å². The summed E-state index contributed by atoms with van der Waals surface area (Å²) in [4.78, 5) is 12.6. The number of anilines is 1. The average Bonchev–Trinajstić information content (AvgIpc) is 2.74. The van der Waals surface area contributed by atoms with Crippen LogP contribution in [0.25, 0.3) is 6.08 Å². The number of carbonyl (C=O) groups is 1. The summed E-state index contributed by atoms with van der Waals surface area (Å²) < 4.78 is 19.4. The van der Waals surface area contributed by atoms with Gasteiger partial charge >= 0.3 is 0 Å². The largest absolute Gasteiger partial charge is 0.497 e. The highest BCUT2D eigenvalue weighted by Crippen LogP contribution is 2.24. The second-order valence-corrected chi connectivity index (χ2v) is 6.83. The molecule has 5 heteroatoms. The van der Waals surface area contributed by atoms with Crippen molar-refractivity contribution < 1.29 is 13.9 Å². The van der Waals surface area contributed by atoms with Gasteiger partial charge in [0.15, 0.2) is 0 Å². The molecule has 1 N–H and O–H groups in total. The van der Waals surface area contributed by atoms with Gasteiger partial charge in [-0.15, -0.1) is 0 Å². The van der Waals surface area contributed by atoms with Crippen LogP contribution in [0, 0.1) is 24.1 Å². The first-order chi connectivity index (χ1) is 14.5. The summed E-state index contributed by atoms with van der Waals surface area (Å²) in [6.45, 7) is 1.92. The van der Waals surface area contributed by atoms with Gasteiger partial charge in [-0.2, -0.15) is 5.26 Å². The van der Waals surface area contributed by atoms with Gasteiger partial charge in [0, 0.05) is 12.1 Å². The lowest BCUT2D eigenvalue weighted by atomic mass is 9.97. The molecular weight excluding hydrogens is 379 g/mol. The van der Waals surface area contributed by atoms with E-state index in [1.807, 2.05) is 31.2 Å². The number of hydrogen-bond acceptors (Lipinski definition) is 3. The van der Waals surface area contributed by atoms with Crippen LogP contribution in [0.5, 0.6) is 5.75 Å². The number of hydrogen-bond donors (Lipinski definition) is 1. The molecule has 0 bridgehead atoms. The molecular formula is C25H21FN2O2. The molecule has 0 atom stereocenters. The van der Waals surface area contributed by atoms with E-state index in [0.717, 1.165) is 11.1 Å². The first-order valence-corrected chi connectivity index (χ1v) is 9.40. The van der Waals surface area contributed by atoms with Gasteiger partial charge in [0.1, 0.15) is 23.2 Å². The van der Waals surface area contributed by atoms with Crippen LogP contribution in [0.4, 0.5) is 10.1 Å². The van der Waals surface area contributed by atoms with Crippen LogP contribution in [-0.2, 0) is 11.2 Å². The number of aryl methyl sites for hydroxylation is 1. The number of methoxy groups -OCH3 is 1. The summed E-state index contributed by atoms with van der Waals surface area (Å²) in [5, 5.41) is 12.3. The Morgan fingerprint density at radius 2 is 1.90 bits per heavy atom. The van der Waals surface area contributed by atoms with Crippen LogP contribution in [0.3, 0.4) is 0 Å². The minimum absolute atomic E-state index is 0.0449. The molecule has 0 spiro atoms. The lowest BCUT2D eigenvalue weighted by Crippen LogP contribution is -2.13. The third kappa shape index (κ3) is 5.12. The van der Waals surface area contributed by atoms with E-state index in [1.165, 1.54) is 12.1 Å². The molecule has 30 heavy (non-hydrogen) atoms. The highest BCUT2D eigenvalue weighted by molar-refractivity contribution is 6.09. The topological polar surface area (TPSA) is 62.1 Å². The quantitative estimate of drug-likeness (QED) is 0.452. The number of ether oxygens (including phenoxy) is 1. The summed E-state index contributed by atoms with van der Waals surface area (Å²) >= 11 is 0. The van der Waals surface area contributed by atoms with E-state index in [2.05, 4.69) is 5.32 Å². The van der Waals surface area contributed by atoms with Crippen molar-refractivity contribution in [1.82, 2.24) is 0 Å². The fourth-order valence-electron chi connectivity index (χ4n) is 3.08. The van der Waals surface area contributed by atoms with Gasteiger partial charge in [0.05, 0.1) is 7.11 Å². The van der Waals surface area contributed by atoms with Crippen molar-refractivity contribution in [3.63, 3.8) is 0 Å². The fourth-order valence-corrected chi connectivity index (χ4v) is 3.08. The first-order valence-electron chi connectivity index (χ1n) is 9.40. The number of nitrogens with one attached hydrogen (secondary N) is 1. The van der Waals surface area contributed by atoms with Crippen molar-refractivity contribution in [2.45, 2.75) is 13.3 Å². The summed E-state index contributed by atoms with van der Waals surface area (Å²) in [7, 11) is 1.55. The van der Waals surface area contributed by atoms with Crippen LogP contribution in [-0.4, -0.2) is 13.0 Å². The lowest BCUT2D eigenvalue weighted by molar-refractivity contribution is -0.112. The Morgan fingerprint density at radius 3 is 2.60 bits per heavy atom. The zero-order valence-corrected chi connectivity index (χ0v) is 16.8. The maximum atomic E-state index is 14.2. The highest BCUT2D eigenvalue weighted by Gasteiger charge is 2.13. The summed E-state index contributed by atoms with van der Waals surface area (Å²) in [6.07, 6.45) is 1.81. The number of nitriles is 1. The van der Waals surface area contributed by atoms with Crippen LogP contribution < -0.4 is 10.1 Å². The fraction of sp³-hybridized carbons (Fsp3) is 0.120. The summed E-state index contributed by atoms with van der Waals surface area (Å²) in [5.74, 6) is -0.204. The number of halogens is 1. The molecule has 0 fully saturated rings. The Labute approximate surface area is 175 Å². The Morgan fingerprint density at radius 1 is 1.10 bits per heavy atom. The average molecular weight is 400 g/mol. The summed E-state index contributed by atoms with van der Waals surface area (Å²) in [6, 6.07) is 21.1. The van der Waals surface area contributed by atoms with E-state index in [4.69, 9.17) is 4.74 Å². The Balaban J connectivity index is 1.94. The molecule has 3 rings (SSSR count). The van der Waals surface area contributed by atoms with Crippen LogP contribution in [0.15, 0.2) is 72.3 Å². The molecule has 3 aromatic carbocycles. The van der Waals surface area contributed by atoms with Gasteiger partial charge in [0.25, 0.3) is 5.91 Å². The monoisotopic (exact) mass is 400 g/mol. The molecule has 0 aliphatic carbocycles. The second kappa shape index (κ2) is 9.53. The smallest absolute Gasteiger partial charge is 0.266 e. The van der Waals surface area contributed by atoms with E-state index in [9.17, 15) is 14.4 Å². The molecule has 0 aliphatic heterocycles. The highest BCUT2D eigenvalue weighted by atomic mass is 19.1. The van der Waals surface area contributed by atoms with Gasteiger partial charge in [-0.25, -0.2) is 4.39 Å². The van der Waals surface area contributed by atoms with Crippen LogP contribution >= 0.6 is 0 Å². The van der Waals surface area contributed by atoms with E-state index < -0.39 is 5.91 Å².